The van der Waals surface area contributed by atoms with Gasteiger partial charge in [0.05, 0.1) is 19.3 Å². The summed E-state index contributed by atoms with van der Waals surface area (Å²) in [5.41, 5.74) is 5.16. The summed E-state index contributed by atoms with van der Waals surface area (Å²) in [4.78, 5) is 48.8. The molecule has 1 fully saturated rings. The summed E-state index contributed by atoms with van der Waals surface area (Å²) < 4.78 is 24.2. The van der Waals surface area contributed by atoms with Gasteiger partial charge in [-0.1, -0.05) is 0 Å². The SMILES string of the molecule is CN(C)C=Nc1ncnc2c1ncn2[C@@H]1O[C@H](CO)[C@@H](O)[C@H]1OCCCN(C(=O)OC(C)(C)C)C(N)=NC(=O)OC(C)(C)C. The number of rotatable bonds is 9. The molecule has 0 radical (unpaired) electrons. The first-order valence-electron chi connectivity index (χ1n) is 14.0. The van der Waals surface area contributed by atoms with E-state index in [1.165, 1.54) is 12.7 Å². The number of carbonyl (C=O) groups excluding carboxylic acids is 2. The number of fused-ring (bicyclic) bond motifs is 1. The first-order chi connectivity index (χ1) is 20.5. The Balaban J connectivity index is 1.77. The van der Waals surface area contributed by atoms with E-state index in [4.69, 9.17) is 24.7 Å². The monoisotopic (exact) mass is 621 g/mol. The normalized spacial score (nSPS) is 21.2. The van der Waals surface area contributed by atoms with Crippen molar-refractivity contribution in [3.05, 3.63) is 12.7 Å². The molecule has 244 valence electrons. The molecule has 3 rings (SSSR count). The van der Waals surface area contributed by atoms with E-state index in [9.17, 15) is 19.8 Å². The van der Waals surface area contributed by atoms with Crippen LogP contribution in [0.2, 0.25) is 0 Å². The molecule has 17 nitrogen and oxygen atoms in total. The largest absolute Gasteiger partial charge is 0.443 e. The second-order valence-electron chi connectivity index (χ2n) is 12.2. The lowest BCUT2D eigenvalue weighted by molar-refractivity contribution is -0.0713. The molecular weight excluding hydrogens is 578 g/mol. The number of aliphatic hydroxyl groups excluding tert-OH is 2. The number of hydrogen-bond acceptors (Lipinski definition) is 12. The summed E-state index contributed by atoms with van der Waals surface area (Å²) in [5.74, 6) is -0.0710. The Bertz CT molecular complexity index is 1350. The fourth-order valence-corrected chi connectivity index (χ4v) is 4.06. The number of aromatic nitrogens is 4. The molecule has 1 saturated heterocycles. The van der Waals surface area contributed by atoms with Gasteiger partial charge in [0.25, 0.3) is 0 Å². The maximum absolute atomic E-state index is 12.9. The van der Waals surface area contributed by atoms with E-state index in [1.54, 1.807) is 57.3 Å². The Morgan fingerprint density at radius 1 is 1.14 bits per heavy atom. The van der Waals surface area contributed by atoms with Crippen molar-refractivity contribution in [3.8, 4) is 0 Å². The smallest absolute Gasteiger partial charge is 0.437 e. The van der Waals surface area contributed by atoms with Gasteiger partial charge in [0.1, 0.15) is 35.8 Å². The highest BCUT2D eigenvalue weighted by molar-refractivity contribution is 5.98. The molecule has 4 atom stereocenters. The van der Waals surface area contributed by atoms with Gasteiger partial charge in [-0.25, -0.2) is 34.4 Å². The van der Waals surface area contributed by atoms with E-state index in [0.717, 1.165) is 4.90 Å². The van der Waals surface area contributed by atoms with Crippen LogP contribution in [0.5, 0.6) is 0 Å². The highest BCUT2D eigenvalue weighted by Gasteiger charge is 2.46. The minimum absolute atomic E-state index is 0.0126. The number of guanidine groups is 1. The van der Waals surface area contributed by atoms with Crippen LogP contribution in [0.4, 0.5) is 15.4 Å². The second-order valence-corrected chi connectivity index (χ2v) is 12.2. The standard InChI is InChI=1S/C27H43N9O8/c1-26(2,3)43-24(39)33-23(28)35(25(40)44-27(4,5)6)10-9-11-41-19-18(38)16(12-37)42-22(19)36-15-31-17-20(32-14-34(7)8)29-13-30-21(17)36/h13-16,18-19,22,37-38H,9-12H2,1-8H3,(H2,28,33,39)/t16-,18-,19-,22-/m1/s1. The zero-order valence-corrected chi connectivity index (χ0v) is 26.4. The molecule has 0 unspecified atom stereocenters. The lowest BCUT2D eigenvalue weighted by Gasteiger charge is -2.27. The van der Waals surface area contributed by atoms with Gasteiger partial charge in [0.2, 0.25) is 5.96 Å². The average molecular weight is 622 g/mol. The molecule has 0 aromatic carbocycles. The molecule has 17 heteroatoms. The van der Waals surface area contributed by atoms with Crippen molar-refractivity contribution in [2.24, 2.45) is 15.7 Å². The van der Waals surface area contributed by atoms with Crippen LogP contribution in [0.25, 0.3) is 11.2 Å². The quantitative estimate of drug-likeness (QED) is 0.206. The molecule has 1 aliphatic rings. The summed E-state index contributed by atoms with van der Waals surface area (Å²) in [6.07, 6.45) is -1.19. The Kier molecular flexibility index (Phi) is 11.2. The van der Waals surface area contributed by atoms with Crippen molar-refractivity contribution >= 4 is 41.5 Å². The maximum Gasteiger partial charge on any atom is 0.437 e. The Labute approximate surface area is 255 Å². The van der Waals surface area contributed by atoms with Crippen molar-refractivity contribution in [2.75, 3.05) is 33.9 Å². The zero-order valence-electron chi connectivity index (χ0n) is 26.4. The number of nitrogens with zero attached hydrogens (tertiary/aromatic N) is 8. The predicted octanol–water partition coefficient (Wildman–Crippen LogP) is 1.56. The molecule has 0 aliphatic carbocycles. The van der Waals surface area contributed by atoms with Crippen LogP contribution in [0.3, 0.4) is 0 Å². The molecule has 2 aromatic heterocycles. The molecule has 0 spiro atoms. The molecule has 44 heavy (non-hydrogen) atoms. The number of aliphatic hydroxyl groups is 2. The number of carbonyl (C=O) groups is 2. The van der Waals surface area contributed by atoms with Crippen LogP contribution in [0, 0.1) is 0 Å². The topological polar surface area (TPSA) is 212 Å². The van der Waals surface area contributed by atoms with Gasteiger partial charge < -0.3 is 39.8 Å². The lowest BCUT2D eigenvalue weighted by Crippen LogP contribution is -2.46. The average Bonchev–Trinajstić information content (AvgIpc) is 3.45. The number of ether oxygens (including phenoxy) is 4. The number of aliphatic imine (C=N–C) groups is 2. The summed E-state index contributed by atoms with van der Waals surface area (Å²) in [5, 5.41) is 20.7. The highest BCUT2D eigenvalue weighted by atomic mass is 16.6. The van der Waals surface area contributed by atoms with Gasteiger partial charge >= 0.3 is 12.2 Å². The van der Waals surface area contributed by atoms with Crippen LogP contribution in [0.1, 0.15) is 54.2 Å². The summed E-state index contributed by atoms with van der Waals surface area (Å²) >= 11 is 0. The number of hydrogen-bond donors (Lipinski definition) is 3. The number of imidazole rings is 1. The van der Waals surface area contributed by atoms with E-state index in [2.05, 4.69) is 24.9 Å². The molecule has 1 aliphatic heterocycles. The molecule has 0 saturated carbocycles. The Morgan fingerprint density at radius 3 is 2.43 bits per heavy atom. The molecule has 3 heterocycles. The minimum atomic E-state index is -1.20. The zero-order chi connectivity index (χ0) is 32.8. The molecule has 2 amide bonds. The van der Waals surface area contributed by atoms with Crippen molar-refractivity contribution in [2.45, 2.75) is 83.7 Å². The fourth-order valence-electron chi connectivity index (χ4n) is 4.06. The van der Waals surface area contributed by atoms with Crippen LogP contribution < -0.4 is 5.73 Å². The van der Waals surface area contributed by atoms with Gasteiger partial charge in [-0.3, -0.25) is 4.57 Å². The minimum Gasteiger partial charge on any atom is -0.443 e. The third-order valence-corrected chi connectivity index (χ3v) is 5.84. The molecular formula is C27H43N9O8. The highest BCUT2D eigenvalue weighted by Crippen LogP contribution is 2.34. The molecule has 4 N–H and O–H groups in total. The maximum atomic E-state index is 12.9. The van der Waals surface area contributed by atoms with E-state index in [1.807, 2.05) is 14.1 Å². The first-order valence-corrected chi connectivity index (χ1v) is 14.0. The summed E-state index contributed by atoms with van der Waals surface area (Å²) in [7, 11) is 3.64. The van der Waals surface area contributed by atoms with Gasteiger partial charge in [-0.05, 0) is 48.0 Å². The summed E-state index contributed by atoms with van der Waals surface area (Å²) in [6.45, 7) is 9.60. The van der Waals surface area contributed by atoms with Crippen LogP contribution in [0.15, 0.2) is 22.6 Å². The van der Waals surface area contributed by atoms with E-state index in [0.29, 0.717) is 17.0 Å². The first kappa shape index (κ1) is 34.6. The molecule has 2 aromatic rings. The van der Waals surface area contributed by atoms with Crippen molar-refractivity contribution < 1.29 is 38.7 Å². The van der Waals surface area contributed by atoms with E-state index < -0.39 is 60.5 Å². The number of nitrogens with two attached hydrogens (primary N) is 1. The molecule has 0 bridgehead atoms. The van der Waals surface area contributed by atoms with E-state index >= 15 is 0 Å². The van der Waals surface area contributed by atoms with Crippen molar-refractivity contribution in [1.29, 1.82) is 0 Å². The Morgan fingerprint density at radius 2 is 1.82 bits per heavy atom. The second kappa shape index (κ2) is 14.2. The summed E-state index contributed by atoms with van der Waals surface area (Å²) in [6, 6.07) is 0. The van der Waals surface area contributed by atoms with Crippen molar-refractivity contribution in [1.82, 2.24) is 29.3 Å². The Hall–Kier alpha value is -3.93. The van der Waals surface area contributed by atoms with Gasteiger partial charge in [-0.2, -0.15) is 0 Å². The third-order valence-electron chi connectivity index (χ3n) is 5.84. The van der Waals surface area contributed by atoms with Crippen molar-refractivity contribution in [3.63, 3.8) is 0 Å². The van der Waals surface area contributed by atoms with Crippen LogP contribution >= 0.6 is 0 Å². The van der Waals surface area contributed by atoms with Gasteiger partial charge in [0, 0.05) is 27.2 Å². The lowest BCUT2D eigenvalue weighted by atomic mass is 10.1. The van der Waals surface area contributed by atoms with Gasteiger partial charge in [-0.15, -0.1) is 4.99 Å². The van der Waals surface area contributed by atoms with Crippen LogP contribution in [-0.4, -0.2) is 127 Å². The fraction of sp³-hybridized carbons (Fsp3) is 0.667. The predicted molar refractivity (Wildman–Crippen MR) is 159 cm³/mol. The number of amides is 2. The van der Waals surface area contributed by atoms with E-state index in [-0.39, 0.29) is 19.6 Å². The van der Waals surface area contributed by atoms with Gasteiger partial charge in [0.15, 0.2) is 23.2 Å². The van der Waals surface area contributed by atoms with Crippen LogP contribution in [-0.2, 0) is 18.9 Å². The third kappa shape index (κ3) is 9.28.